The molecular formula is C16H14ClF2NO2S. The van der Waals surface area contributed by atoms with Gasteiger partial charge >= 0.3 is 0 Å². The van der Waals surface area contributed by atoms with Crippen LogP contribution in [0.4, 0.5) is 14.5 Å². The Balaban J connectivity index is 2.03. The van der Waals surface area contributed by atoms with E-state index in [4.69, 9.17) is 16.3 Å². The lowest BCUT2D eigenvalue weighted by Gasteiger charge is -2.13. The van der Waals surface area contributed by atoms with Crippen LogP contribution in [0.1, 0.15) is 5.56 Å². The summed E-state index contributed by atoms with van der Waals surface area (Å²) in [7, 11) is 0. The molecule has 0 saturated carbocycles. The zero-order valence-electron chi connectivity index (χ0n) is 12.2. The third-order valence-electron chi connectivity index (χ3n) is 2.90. The van der Waals surface area contributed by atoms with Crippen LogP contribution in [-0.4, -0.2) is 18.3 Å². The van der Waals surface area contributed by atoms with Crippen molar-refractivity contribution in [2.45, 2.75) is 17.6 Å². The van der Waals surface area contributed by atoms with Gasteiger partial charge in [-0.2, -0.15) is 8.78 Å². The minimum atomic E-state index is -2.63. The Morgan fingerprint density at radius 3 is 2.70 bits per heavy atom. The number of carbonyl (C=O) groups excluding carboxylic acids is 1. The van der Waals surface area contributed by atoms with Gasteiger partial charge in [-0.05, 0) is 30.7 Å². The van der Waals surface area contributed by atoms with Crippen LogP contribution in [0.5, 0.6) is 5.75 Å². The number of aryl methyl sites for hydroxylation is 1. The Labute approximate surface area is 142 Å². The lowest BCUT2D eigenvalue weighted by molar-refractivity contribution is -0.118. The van der Waals surface area contributed by atoms with Gasteiger partial charge in [0, 0.05) is 0 Å². The molecule has 0 atom stereocenters. The van der Waals surface area contributed by atoms with E-state index in [-0.39, 0.29) is 34.0 Å². The molecule has 122 valence electrons. The number of amides is 1. The molecule has 0 aromatic heterocycles. The molecule has 2 aromatic carbocycles. The summed E-state index contributed by atoms with van der Waals surface area (Å²) in [5.74, 6) is -2.49. The highest BCUT2D eigenvalue weighted by atomic mass is 35.5. The number of carbonyl (C=O) groups is 1. The van der Waals surface area contributed by atoms with E-state index in [1.165, 1.54) is 12.1 Å². The molecule has 0 spiro atoms. The molecule has 2 rings (SSSR count). The van der Waals surface area contributed by atoms with Gasteiger partial charge in [0.15, 0.2) is 6.61 Å². The largest absolute Gasteiger partial charge is 0.483 e. The fraction of sp³-hybridized carbons (Fsp3) is 0.188. The van der Waals surface area contributed by atoms with E-state index < -0.39 is 11.7 Å². The molecule has 0 saturated heterocycles. The molecule has 0 heterocycles. The molecule has 0 aliphatic rings. The number of nitrogens with one attached hydrogen (secondary N) is 1. The lowest BCUT2D eigenvalue weighted by atomic mass is 10.2. The summed E-state index contributed by atoms with van der Waals surface area (Å²) in [5, 5.41) is 2.70. The Morgan fingerprint density at radius 2 is 2.00 bits per heavy atom. The fourth-order valence-electron chi connectivity index (χ4n) is 1.86. The molecule has 1 amide bonds. The molecule has 0 radical (unpaired) electrons. The summed E-state index contributed by atoms with van der Waals surface area (Å²) in [5.41, 5.74) is 1.14. The second-order valence-corrected chi connectivity index (χ2v) is 6.00. The normalized spacial score (nSPS) is 10.7. The first-order valence-electron chi connectivity index (χ1n) is 6.69. The molecule has 0 unspecified atom stereocenters. The molecule has 0 bridgehead atoms. The van der Waals surface area contributed by atoms with Crippen molar-refractivity contribution in [3.63, 3.8) is 0 Å². The average molecular weight is 358 g/mol. The van der Waals surface area contributed by atoms with Crippen molar-refractivity contribution in [2.75, 3.05) is 11.9 Å². The molecule has 0 fully saturated rings. The van der Waals surface area contributed by atoms with E-state index >= 15 is 0 Å². The van der Waals surface area contributed by atoms with Crippen molar-refractivity contribution in [3.8, 4) is 5.75 Å². The average Bonchev–Trinajstić information content (AvgIpc) is 2.50. The molecule has 7 heteroatoms. The Morgan fingerprint density at radius 1 is 1.26 bits per heavy atom. The molecule has 1 N–H and O–H groups in total. The van der Waals surface area contributed by atoms with Crippen LogP contribution >= 0.6 is 23.4 Å². The zero-order valence-corrected chi connectivity index (χ0v) is 13.8. The summed E-state index contributed by atoms with van der Waals surface area (Å²) in [6, 6.07) is 11.9. The van der Waals surface area contributed by atoms with Gasteiger partial charge < -0.3 is 10.1 Å². The quantitative estimate of drug-likeness (QED) is 0.741. The van der Waals surface area contributed by atoms with Gasteiger partial charge in [0.25, 0.3) is 11.7 Å². The summed E-state index contributed by atoms with van der Waals surface area (Å²) in [4.78, 5) is 12.1. The first-order chi connectivity index (χ1) is 11.0. The fourth-order valence-corrected chi connectivity index (χ4v) is 2.78. The highest BCUT2D eigenvalue weighted by Crippen LogP contribution is 2.37. The molecule has 3 nitrogen and oxygen atoms in total. The third kappa shape index (κ3) is 5.11. The maximum absolute atomic E-state index is 12.6. The number of anilines is 1. The number of ether oxygens (including phenoxy) is 1. The molecule has 2 aromatic rings. The molecule has 0 aliphatic carbocycles. The summed E-state index contributed by atoms with van der Waals surface area (Å²) < 4.78 is 30.6. The number of alkyl halides is 2. The summed E-state index contributed by atoms with van der Waals surface area (Å²) in [6.45, 7) is 1.64. The Hall–Kier alpha value is -1.79. The number of thioether (sulfide) groups is 1. The van der Waals surface area contributed by atoms with Crippen LogP contribution in [0.3, 0.4) is 0 Å². The van der Waals surface area contributed by atoms with E-state index in [2.05, 4.69) is 5.32 Å². The minimum absolute atomic E-state index is 0.133. The van der Waals surface area contributed by atoms with Crippen LogP contribution in [0.15, 0.2) is 47.4 Å². The number of halogens is 3. The van der Waals surface area contributed by atoms with E-state index in [0.29, 0.717) is 5.75 Å². The monoisotopic (exact) mass is 357 g/mol. The van der Waals surface area contributed by atoms with Crippen LogP contribution in [0, 0.1) is 6.92 Å². The maximum atomic E-state index is 12.6. The predicted molar refractivity (Wildman–Crippen MR) is 88.6 cm³/mol. The number of benzene rings is 2. The van der Waals surface area contributed by atoms with Gasteiger partial charge in [0.1, 0.15) is 5.75 Å². The van der Waals surface area contributed by atoms with E-state index in [9.17, 15) is 13.6 Å². The highest BCUT2D eigenvalue weighted by Gasteiger charge is 2.15. The van der Waals surface area contributed by atoms with Gasteiger partial charge in [-0.25, -0.2) is 0 Å². The molecule has 23 heavy (non-hydrogen) atoms. The summed E-state index contributed by atoms with van der Waals surface area (Å²) >= 11 is 6.20. The smallest absolute Gasteiger partial charge is 0.289 e. The zero-order chi connectivity index (χ0) is 16.8. The Bertz CT molecular complexity index is 698. The second kappa shape index (κ2) is 8.17. The Kier molecular flexibility index (Phi) is 6.24. The van der Waals surface area contributed by atoms with Gasteiger partial charge in [-0.1, -0.05) is 47.6 Å². The first-order valence-corrected chi connectivity index (χ1v) is 7.94. The van der Waals surface area contributed by atoms with Crippen LogP contribution in [-0.2, 0) is 4.79 Å². The van der Waals surface area contributed by atoms with Crippen molar-refractivity contribution in [2.24, 2.45) is 0 Å². The lowest BCUT2D eigenvalue weighted by Crippen LogP contribution is -2.20. The van der Waals surface area contributed by atoms with Crippen LogP contribution in [0.2, 0.25) is 5.02 Å². The third-order valence-corrected chi connectivity index (χ3v) is 4.18. The number of hydrogen-bond acceptors (Lipinski definition) is 3. The van der Waals surface area contributed by atoms with Gasteiger partial charge in [0.2, 0.25) is 0 Å². The van der Waals surface area contributed by atoms with Crippen molar-refractivity contribution in [1.82, 2.24) is 0 Å². The van der Waals surface area contributed by atoms with E-state index in [1.54, 1.807) is 18.2 Å². The SMILES string of the molecule is Cc1ccccc1OCC(=O)Nc1cccc(Cl)c1SC(F)F. The van der Waals surface area contributed by atoms with Gasteiger partial charge in [-0.15, -0.1) is 0 Å². The van der Waals surface area contributed by atoms with Crippen molar-refractivity contribution in [1.29, 1.82) is 0 Å². The molecule has 0 aliphatic heterocycles. The van der Waals surface area contributed by atoms with E-state index in [1.807, 2.05) is 19.1 Å². The minimum Gasteiger partial charge on any atom is -0.483 e. The maximum Gasteiger partial charge on any atom is 0.289 e. The summed E-state index contributed by atoms with van der Waals surface area (Å²) in [6.07, 6.45) is 0. The van der Waals surface area contributed by atoms with Crippen molar-refractivity contribution in [3.05, 3.63) is 53.1 Å². The number of para-hydroxylation sites is 1. The predicted octanol–water partition coefficient (Wildman–Crippen LogP) is 4.98. The van der Waals surface area contributed by atoms with E-state index in [0.717, 1.165) is 5.56 Å². The standard InChI is InChI=1S/C16H14ClF2NO2S/c1-10-5-2-3-8-13(10)22-9-14(21)20-12-7-4-6-11(17)15(12)23-16(18)19/h2-8,16H,9H2,1H3,(H,20,21). The van der Waals surface area contributed by atoms with Crippen LogP contribution < -0.4 is 10.1 Å². The van der Waals surface area contributed by atoms with Crippen molar-refractivity contribution >= 4 is 35.0 Å². The highest BCUT2D eigenvalue weighted by molar-refractivity contribution is 7.99. The van der Waals surface area contributed by atoms with Gasteiger partial charge in [-0.3, -0.25) is 4.79 Å². The van der Waals surface area contributed by atoms with Crippen LogP contribution in [0.25, 0.3) is 0 Å². The van der Waals surface area contributed by atoms with Gasteiger partial charge in [0.05, 0.1) is 15.6 Å². The number of hydrogen-bond donors (Lipinski definition) is 1. The number of rotatable bonds is 6. The molecular weight excluding hydrogens is 344 g/mol. The topological polar surface area (TPSA) is 38.3 Å². The second-order valence-electron chi connectivity index (χ2n) is 4.60. The van der Waals surface area contributed by atoms with Crippen molar-refractivity contribution < 1.29 is 18.3 Å². The first kappa shape index (κ1) is 17.6.